The van der Waals surface area contributed by atoms with Gasteiger partial charge in [0.15, 0.2) is 0 Å². The number of aryl methyl sites for hydroxylation is 2. The van der Waals surface area contributed by atoms with Crippen LogP contribution in [0.5, 0.6) is 0 Å². The monoisotopic (exact) mass is 161 g/mol. The van der Waals surface area contributed by atoms with E-state index in [0.717, 1.165) is 19.5 Å². The van der Waals surface area contributed by atoms with E-state index in [0.29, 0.717) is 0 Å². The first-order valence-electron chi connectivity index (χ1n) is 4.64. The fraction of sp³-hybridized carbons (Fsp3) is 0.455. The lowest BCUT2D eigenvalue weighted by Gasteiger charge is -2.07. The summed E-state index contributed by atoms with van der Waals surface area (Å²) in [5.41, 5.74) is 6.04. The van der Waals surface area contributed by atoms with Gasteiger partial charge in [-0.25, -0.2) is 0 Å². The van der Waals surface area contributed by atoms with Crippen LogP contribution >= 0.6 is 0 Å². The highest BCUT2D eigenvalue weighted by Gasteiger charge is 2.14. The van der Waals surface area contributed by atoms with Gasteiger partial charge in [-0.3, -0.25) is 0 Å². The molecule has 2 rings (SSSR count). The van der Waals surface area contributed by atoms with Gasteiger partial charge >= 0.3 is 0 Å². The van der Waals surface area contributed by atoms with E-state index in [1.165, 1.54) is 16.7 Å². The van der Waals surface area contributed by atoms with Crippen LogP contribution in [0, 0.1) is 6.92 Å². The first-order valence-corrected chi connectivity index (χ1v) is 4.64. The van der Waals surface area contributed by atoms with E-state index in [2.05, 4.69) is 31.3 Å². The number of hydrogen-bond acceptors (Lipinski definition) is 1. The second-order valence-electron chi connectivity index (χ2n) is 3.46. The molecule has 0 saturated heterocycles. The van der Waals surface area contributed by atoms with Crippen molar-refractivity contribution < 1.29 is 0 Å². The number of benzene rings is 1. The van der Waals surface area contributed by atoms with E-state index < -0.39 is 0 Å². The van der Waals surface area contributed by atoms with Crippen molar-refractivity contribution >= 4 is 0 Å². The Balaban J connectivity index is 2.57. The van der Waals surface area contributed by atoms with Gasteiger partial charge in [-0.2, -0.15) is 0 Å². The van der Waals surface area contributed by atoms with Crippen LogP contribution in [0.3, 0.4) is 0 Å². The van der Waals surface area contributed by atoms with E-state index in [-0.39, 0.29) is 0 Å². The van der Waals surface area contributed by atoms with Gasteiger partial charge in [0, 0.05) is 13.1 Å². The predicted molar refractivity (Wildman–Crippen MR) is 51.1 cm³/mol. The van der Waals surface area contributed by atoms with Crippen LogP contribution in [-0.2, 0) is 19.5 Å². The zero-order valence-electron chi connectivity index (χ0n) is 7.78. The Hall–Kier alpha value is -0.820. The Morgan fingerprint density at radius 1 is 1.25 bits per heavy atom. The van der Waals surface area contributed by atoms with Crippen molar-refractivity contribution in [3.05, 3.63) is 34.4 Å². The molecule has 12 heavy (non-hydrogen) atoms. The molecule has 64 valence electrons. The molecule has 1 aromatic rings. The van der Waals surface area contributed by atoms with Crippen LogP contribution in [-0.4, -0.2) is 0 Å². The summed E-state index contributed by atoms with van der Waals surface area (Å²) in [6.07, 6.45) is 1.16. The maximum absolute atomic E-state index is 3.40. The smallest absolute Gasteiger partial charge is 0.0214 e. The third-order valence-electron chi connectivity index (χ3n) is 2.75. The van der Waals surface area contributed by atoms with Gasteiger partial charge < -0.3 is 5.32 Å². The van der Waals surface area contributed by atoms with Crippen LogP contribution in [0.15, 0.2) is 12.1 Å². The third kappa shape index (κ3) is 1.05. The second kappa shape index (κ2) is 2.91. The largest absolute Gasteiger partial charge is 0.309 e. The van der Waals surface area contributed by atoms with Crippen molar-refractivity contribution in [2.75, 3.05) is 0 Å². The molecule has 0 aromatic heterocycles. The summed E-state index contributed by atoms with van der Waals surface area (Å²) >= 11 is 0. The van der Waals surface area contributed by atoms with Gasteiger partial charge in [0.05, 0.1) is 0 Å². The van der Waals surface area contributed by atoms with Crippen LogP contribution in [0.25, 0.3) is 0 Å². The van der Waals surface area contributed by atoms with Crippen LogP contribution in [0.2, 0.25) is 0 Å². The summed E-state index contributed by atoms with van der Waals surface area (Å²) in [5.74, 6) is 0. The van der Waals surface area contributed by atoms with E-state index in [4.69, 9.17) is 0 Å². The van der Waals surface area contributed by atoms with Gasteiger partial charge in [-0.1, -0.05) is 19.1 Å². The molecule has 0 aliphatic carbocycles. The predicted octanol–water partition coefficient (Wildman–Crippen LogP) is 2.16. The molecule has 1 aliphatic heterocycles. The Bertz CT molecular complexity index is 302. The lowest BCUT2D eigenvalue weighted by Crippen LogP contribution is -2.00. The molecular weight excluding hydrogens is 146 g/mol. The molecule has 0 fully saturated rings. The molecule has 1 heterocycles. The van der Waals surface area contributed by atoms with E-state index in [1.54, 1.807) is 5.56 Å². The summed E-state index contributed by atoms with van der Waals surface area (Å²) < 4.78 is 0. The minimum Gasteiger partial charge on any atom is -0.309 e. The Kier molecular flexibility index (Phi) is 1.89. The number of hydrogen-bond donors (Lipinski definition) is 1. The van der Waals surface area contributed by atoms with E-state index in [9.17, 15) is 0 Å². The highest BCUT2D eigenvalue weighted by atomic mass is 14.9. The molecule has 0 atom stereocenters. The van der Waals surface area contributed by atoms with E-state index >= 15 is 0 Å². The fourth-order valence-corrected chi connectivity index (χ4v) is 1.97. The summed E-state index contributed by atoms with van der Waals surface area (Å²) in [7, 11) is 0. The molecule has 0 unspecified atom stereocenters. The molecular formula is C11H15N. The maximum atomic E-state index is 3.40. The van der Waals surface area contributed by atoms with Crippen LogP contribution in [0.1, 0.15) is 29.2 Å². The number of fused-ring (bicyclic) bond motifs is 1. The highest BCUT2D eigenvalue weighted by molar-refractivity contribution is 5.42. The van der Waals surface area contributed by atoms with E-state index in [1.807, 2.05) is 0 Å². The normalized spacial score (nSPS) is 14.8. The zero-order valence-corrected chi connectivity index (χ0v) is 7.78. The molecule has 1 N–H and O–H groups in total. The van der Waals surface area contributed by atoms with Crippen molar-refractivity contribution in [3.8, 4) is 0 Å². The van der Waals surface area contributed by atoms with Crippen molar-refractivity contribution in [2.45, 2.75) is 33.4 Å². The van der Waals surface area contributed by atoms with Gasteiger partial charge in [-0.05, 0) is 35.6 Å². The third-order valence-corrected chi connectivity index (χ3v) is 2.75. The SMILES string of the molecule is CCc1ccc(C)c2c1CNC2. The van der Waals surface area contributed by atoms with Crippen molar-refractivity contribution in [1.29, 1.82) is 0 Å². The first kappa shape index (κ1) is 7.81. The highest BCUT2D eigenvalue weighted by Crippen LogP contribution is 2.23. The standard InChI is InChI=1S/C11H15N/c1-3-9-5-4-8(2)10-6-12-7-11(9)10/h4-5,12H,3,6-7H2,1-2H3. The Morgan fingerprint density at radius 2 is 2.00 bits per heavy atom. The maximum Gasteiger partial charge on any atom is 0.0214 e. The van der Waals surface area contributed by atoms with Gasteiger partial charge in [0.25, 0.3) is 0 Å². The minimum atomic E-state index is 1.06. The molecule has 0 spiro atoms. The van der Waals surface area contributed by atoms with Crippen LogP contribution in [0.4, 0.5) is 0 Å². The summed E-state index contributed by atoms with van der Waals surface area (Å²) in [5, 5.41) is 3.40. The lowest BCUT2D eigenvalue weighted by molar-refractivity contribution is 0.761. The number of nitrogens with one attached hydrogen (secondary N) is 1. The molecule has 0 saturated carbocycles. The first-order chi connectivity index (χ1) is 5.83. The lowest BCUT2D eigenvalue weighted by atomic mass is 9.98. The molecule has 0 radical (unpaired) electrons. The van der Waals surface area contributed by atoms with Crippen molar-refractivity contribution in [2.24, 2.45) is 0 Å². The average molecular weight is 161 g/mol. The average Bonchev–Trinajstić information content (AvgIpc) is 2.54. The summed E-state index contributed by atoms with van der Waals surface area (Å²) in [6, 6.07) is 4.51. The van der Waals surface area contributed by atoms with Crippen molar-refractivity contribution in [1.82, 2.24) is 5.32 Å². The summed E-state index contributed by atoms with van der Waals surface area (Å²) in [4.78, 5) is 0. The Morgan fingerprint density at radius 3 is 2.75 bits per heavy atom. The zero-order chi connectivity index (χ0) is 8.55. The second-order valence-corrected chi connectivity index (χ2v) is 3.46. The molecule has 0 bridgehead atoms. The van der Waals surface area contributed by atoms with Crippen molar-refractivity contribution in [3.63, 3.8) is 0 Å². The minimum absolute atomic E-state index is 1.06. The topological polar surface area (TPSA) is 12.0 Å². The van der Waals surface area contributed by atoms with Crippen LogP contribution < -0.4 is 5.32 Å². The summed E-state index contributed by atoms with van der Waals surface area (Å²) in [6.45, 7) is 6.56. The Labute approximate surface area is 73.8 Å². The molecule has 1 heteroatoms. The number of rotatable bonds is 1. The molecule has 1 aliphatic rings. The van der Waals surface area contributed by atoms with Gasteiger partial charge in [0.2, 0.25) is 0 Å². The quantitative estimate of drug-likeness (QED) is 0.665. The molecule has 1 nitrogen and oxygen atoms in total. The van der Waals surface area contributed by atoms with Gasteiger partial charge in [0.1, 0.15) is 0 Å². The molecule has 0 amide bonds. The fourth-order valence-electron chi connectivity index (χ4n) is 1.97. The molecule has 1 aromatic carbocycles. The van der Waals surface area contributed by atoms with Gasteiger partial charge in [-0.15, -0.1) is 0 Å².